The van der Waals surface area contributed by atoms with E-state index in [4.69, 9.17) is 53.8 Å². The first-order chi connectivity index (χ1) is 26.9. The number of aliphatic carboxylic acids is 1. The Hall–Kier alpha value is -4.88. The second-order valence-electron chi connectivity index (χ2n) is 14.4. The van der Waals surface area contributed by atoms with Crippen LogP contribution in [0, 0.1) is 5.92 Å². The van der Waals surface area contributed by atoms with Crippen molar-refractivity contribution in [3.63, 3.8) is 0 Å². The number of carbonyl (C=O) groups is 2. The van der Waals surface area contributed by atoms with Crippen molar-refractivity contribution in [2.45, 2.75) is 82.1 Å². The predicted molar refractivity (Wildman–Crippen MR) is 190 cm³/mol. The Morgan fingerprint density at radius 3 is 2.48 bits per heavy atom. The van der Waals surface area contributed by atoms with Gasteiger partial charge in [-0.25, -0.2) is 0 Å². The third kappa shape index (κ3) is 8.15. The van der Waals surface area contributed by atoms with Crippen LogP contribution in [0.3, 0.4) is 0 Å². The van der Waals surface area contributed by atoms with E-state index < -0.39 is 68.1 Å². The Kier molecular flexibility index (Phi) is 11.7. The highest BCUT2D eigenvalue weighted by Crippen LogP contribution is 2.58. The van der Waals surface area contributed by atoms with Crippen molar-refractivity contribution < 1.29 is 78.1 Å². The van der Waals surface area contributed by atoms with Crippen LogP contribution in [0.25, 0.3) is 0 Å². The predicted octanol–water partition coefficient (Wildman–Crippen LogP) is 2.00. The minimum Gasteiger partial charge on any atom is -0.508 e. The third-order valence-electron chi connectivity index (χ3n) is 9.82. The molecule has 0 aliphatic carbocycles. The van der Waals surface area contributed by atoms with Gasteiger partial charge in [-0.2, -0.15) is 4.89 Å². The molecule has 0 unspecified atom stereocenters. The van der Waals surface area contributed by atoms with E-state index in [9.17, 15) is 30.0 Å². The fourth-order valence-electron chi connectivity index (χ4n) is 7.31. The highest BCUT2D eigenvalue weighted by atomic mass is 17.2. The molecule has 7 N–H and O–H groups in total. The summed E-state index contributed by atoms with van der Waals surface area (Å²) in [5, 5.41) is 50.6. The molecule has 4 aliphatic heterocycles. The van der Waals surface area contributed by atoms with Gasteiger partial charge in [0.1, 0.15) is 61.3 Å². The van der Waals surface area contributed by atoms with E-state index in [1.807, 2.05) is 6.07 Å². The highest BCUT2D eigenvalue weighted by Gasteiger charge is 2.49. The average Bonchev–Trinajstić information content (AvgIpc) is 3.76. The summed E-state index contributed by atoms with van der Waals surface area (Å²) in [5.41, 5.74) is 9.57. The number of aromatic hydroxyl groups is 1. The van der Waals surface area contributed by atoms with Crippen molar-refractivity contribution in [2.24, 2.45) is 11.7 Å². The van der Waals surface area contributed by atoms with Gasteiger partial charge >= 0.3 is 11.9 Å². The molecule has 0 aromatic heterocycles. The third-order valence-corrected chi connectivity index (χ3v) is 9.82. The topological polar surface area (TPSA) is 244 Å². The van der Waals surface area contributed by atoms with E-state index >= 15 is 0 Å². The lowest BCUT2D eigenvalue weighted by Gasteiger charge is -2.41. The van der Waals surface area contributed by atoms with Crippen LogP contribution in [-0.4, -0.2) is 107 Å². The van der Waals surface area contributed by atoms with Crippen LogP contribution < -0.4 is 29.6 Å². The van der Waals surface area contributed by atoms with Crippen molar-refractivity contribution >= 4 is 11.9 Å². The molecule has 3 aromatic rings. The van der Waals surface area contributed by atoms with Crippen LogP contribution >= 0.6 is 0 Å². The largest absolute Gasteiger partial charge is 0.508 e. The summed E-state index contributed by atoms with van der Waals surface area (Å²) in [5.74, 6) is 0.125. The van der Waals surface area contributed by atoms with Gasteiger partial charge in [0.2, 0.25) is 0 Å². The van der Waals surface area contributed by atoms with E-state index in [-0.39, 0.29) is 49.7 Å². The summed E-state index contributed by atoms with van der Waals surface area (Å²) in [6.45, 7) is 3.60. The summed E-state index contributed by atoms with van der Waals surface area (Å²) in [7, 11) is 0. The summed E-state index contributed by atoms with van der Waals surface area (Å²) < 4.78 is 41.6. The van der Waals surface area contributed by atoms with E-state index in [0.717, 1.165) is 16.7 Å². The minimum atomic E-state index is -1.68. The zero-order chi connectivity index (χ0) is 39.7. The second kappa shape index (κ2) is 16.7. The first-order valence-corrected chi connectivity index (χ1v) is 18.4. The molecule has 0 bridgehead atoms. The lowest BCUT2D eigenvalue weighted by Crippen LogP contribution is -2.60. The van der Waals surface area contributed by atoms with E-state index in [0.29, 0.717) is 47.0 Å². The molecule has 0 amide bonds. The van der Waals surface area contributed by atoms with Crippen molar-refractivity contribution in [3.8, 4) is 34.5 Å². The van der Waals surface area contributed by atoms with Gasteiger partial charge in [0.25, 0.3) is 6.29 Å². The van der Waals surface area contributed by atoms with Crippen LogP contribution in [0.1, 0.15) is 60.1 Å². The fraction of sp³-hybridized carbons (Fsp3) is 0.487. The maximum atomic E-state index is 11.8. The number of phenolic OH excluding ortho intramolecular Hbond substituents is 1. The first kappa shape index (κ1) is 39.4. The molecule has 3 aromatic carbocycles. The molecule has 56 heavy (non-hydrogen) atoms. The number of aliphatic hydroxyl groups excluding tert-OH is 3. The number of ether oxygens (including phenoxy) is 7. The fourth-order valence-corrected chi connectivity index (χ4v) is 7.31. The Morgan fingerprint density at radius 2 is 1.77 bits per heavy atom. The van der Waals surface area contributed by atoms with Crippen LogP contribution in [-0.2, 0) is 41.5 Å². The van der Waals surface area contributed by atoms with Crippen LogP contribution in [0.5, 0.6) is 34.5 Å². The summed E-state index contributed by atoms with van der Waals surface area (Å²) in [6, 6.07) is 12.0. The van der Waals surface area contributed by atoms with Crippen molar-refractivity contribution in [1.29, 1.82) is 0 Å². The number of carboxylic acid groups (broad SMARTS) is 1. The zero-order valence-corrected chi connectivity index (χ0v) is 30.7. The van der Waals surface area contributed by atoms with Crippen LogP contribution in [0.2, 0.25) is 0 Å². The van der Waals surface area contributed by atoms with Gasteiger partial charge in [-0.3, -0.25) is 9.59 Å². The molecule has 8 atom stereocenters. The first-order valence-electron chi connectivity index (χ1n) is 18.4. The smallest absolute Gasteiger partial charge is 0.317 e. The van der Waals surface area contributed by atoms with E-state index in [2.05, 4.69) is 13.8 Å². The molecule has 4 aliphatic rings. The molecule has 0 spiro atoms. The number of hydrogen-bond acceptors (Lipinski definition) is 16. The van der Waals surface area contributed by atoms with Gasteiger partial charge in [-0.15, -0.1) is 0 Å². The Labute approximate surface area is 321 Å². The number of rotatable bonds is 15. The summed E-state index contributed by atoms with van der Waals surface area (Å²) in [4.78, 5) is 34.3. The van der Waals surface area contributed by atoms with Crippen molar-refractivity contribution in [2.75, 3.05) is 33.0 Å². The SMILES string of the molecule is CC(C)Cc1c2c(cc3c1O[C@@H]1c4cc(OO[C@@H]5[C@H](OCCN)O[C@H](COC(=O)CC(=O)O)[C@@H](O)[C@@H]5O)cc(Cc5ccc(O)cc5)c4OC[C@@H]31)O[C@@H](CO)O2. The lowest BCUT2D eigenvalue weighted by atomic mass is 9.86. The molecule has 0 saturated carbocycles. The number of fused-ring (bicyclic) bond motifs is 6. The lowest BCUT2D eigenvalue weighted by molar-refractivity contribution is -0.372. The number of esters is 1. The summed E-state index contributed by atoms with van der Waals surface area (Å²) in [6.07, 6.45) is -8.69. The maximum absolute atomic E-state index is 11.8. The number of carboxylic acids is 1. The monoisotopic (exact) mass is 783 g/mol. The Bertz CT molecular complexity index is 1900. The molecule has 1 saturated heterocycles. The Balaban J connectivity index is 1.18. The van der Waals surface area contributed by atoms with Crippen LogP contribution in [0.4, 0.5) is 0 Å². The van der Waals surface area contributed by atoms with Gasteiger partial charge in [0.05, 0.1) is 19.1 Å². The molecule has 17 heteroatoms. The molecular formula is C39H45NO16. The number of carbonyl (C=O) groups excluding carboxylic acids is 1. The zero-order valence-electron chi connectivity index (χ0n) is 30.7. The molecule has 1 fully saturated rings. The van der Waals surface area contributed by atoms with Crippen molar-refractivity contribution in [1.82, 2.24) is 0 Å². The average molecular weight is 784 g/mol. The maximum Gasteiger partial charge on any atom is 0.317 e. The number of aliphatic hydroxyl groups is 3. The summed E-state index contributed by atoms with van der Waals surface area (Å²) >= 11 is 0. The van der Waals surface area contributed by atoms with Gasteiger partial charge < -0.3 is 69.3 Å². The van der Waals surface area contributed by atoms with Gasteiger partial charge in [-0.1, -0.05) is 26.0 Å². The normalized spacial score (nSPS) is 25.8. The molecule has 302 valence electrons. The molecule has 4 heterocycles. The quantitative estimate of drug-likeness (QED) is 0.0559. The van der Waals surface area contributed by atoms with Gasteiger partial charge in [0, 0.05) is 35.2 Å². The van der Waals surface area contributed by atoms with E-state index in [1.54, 1.807) is 36.4 Å². The number of nitrogens with two attached hydrogens (primary N) is 1. The molecule has 7 rings (SSSR count). The number of phenols is 1. The Morgan fingerprint density at radius 1 is 0.982 bits per heavy atom. The molecule has 17 nitrogen and oxygen atoms in total. The number of benzene rings is 3. The van der Waals surface area contributed by atoms with Gasteiger partial charge in [-0.05, 0) is 48.2 Å². The minimum absolute atomic E-state index is 0.0360. The van der Waals surface area contributed by atoms with Crippen LogP contribution in [0.15, 0.2) is 42.5 Å². The molecular weight excluding hydrogens is 738 g/mol. The molecule has 0 radical (unpaired) electrons. The number of hydrogen-bond donors (Lipinski definition) is 6. The highest BCUT2D eigenvalue weighted by molar-refractivity contribution is 5.90. The van der Waals surface area contributed by atoms with E-state index in [1.165, 1.54) is 0 Å². The standard InChI is InChI=1S/C39H45NO16/c1-18(2)9-24-35-23(13-27-37(24)53-31(15-41)51-27)26-16-50-34-20(10-19-3-5-21(42)6-4-19)11-22(12-25(34)36(26)54-35)55-56-38-33(47)32(46)28(52-39(38)48-8-7-40)17-49-30(45)14-29(43)44/h3-6,11-13,18,26,28,31-33,36,38-39,41-42,46-47H,7-10,14-17,40H2,1-2H3,(H,43,44)/t26-,28+,31+,32+,33-,36+,38-,39+/m0/s1. The van der Waals surface area contributed by atoms with Crippen molar-refractivity contribution in [3.05, 3.63) is 70.3 Å². The van der Waals surface area contributed by atoms with Gasteiger partial charge in [0.15, 0.2) is 29.6 Å². The second-order valence-corrected chi connectivity index (χ2v) is 14.4.